The third-order valence-corrected chi connectivity index (χ3v) is 3.96. The van der Waals surface area contributed by atoms with E-state index >= 15 is 0 Å². The van der Waals surface area contributed by atoms with E-state index in [4.69, 9.17) is 11.6 Å². The van der Waals surface area contributed by atoms with Crippen LogP contribution in [-0.4, -0.2) is 53.8 Å². The third kappa shape index (κ3) is 7.44. The lowest BCUT2D eigenvalue weighted by molar-refractivity contribution is -0.121. The first kappa shape index (κ1) is 20.6. The summed E-state index contributed by atoms with van der Waals surface area (Å²) in [4.78, 5) is 22.9. The molecule has 0 aliphatic carbocycles. The van der Waals surface area contributed by atoms with E-state index in [2.05, 4.69) is 10.6 Å². The number of alkyl halides is 1. The Balaban J connectivity index is 2.50. The molecule has 1 aromatic carbocycles. The summed E-state index contributed by atoms with van der Waals surface area (Å²) in [5.74, 6) is -1.30. The van der Waals surface area contributed by atoms with Crippen LogP contribution in [0.5, 0.6) is 0 Å². The molecule has 1 atom stereocenters. The predicted molar refractivity (Wildman–Crippen MR) is 95.0 cm³/mol. The van der Waals surface area contributed by atoms with E-state index in [1.54, 1.807) is 0 Å². The highest BCUT2D eigenvalue weighted by Crippen LogP contribution is 2.13. The quantitative estimate of drug-likeness (QED) is 0.272. The number of benzene rings is 1. The van der Waals surface area contributed by atoms with Crippen molar-refractivity contribution in [3.05, 3.63) is 34.9 Å². The molecule has 0 heterocycles. The second-order valence-corrected chi connectivity index (χ2v) is 6.09. The molecule has 0 saturated carbocycles. The summed E-state index contributed by atoms with van der Waals surface area (Å²) in [6.45, 7) is 4.27. The first-order valence-electron chi connectivity index (χ1n) is 7.83. The summed E-state index contributed by atoms with van der Waals surface area (Å²) >= 11 is 5.38. The molecule has 0 aliphatic rings. The van der Waals surface area contributed by atoms with Crippen molar-refractivity contribution in [2.45, 2.75) is 32.6 Å². The summed E-state index contributed by atoms with van der Waals surface area (Å²) < 4.78 is 0. The van der Waals surface area contributed by atoms with Crippen molar-refractivity contribution < 1.29 is 19.6 Å². The van der Waals surface area contributed by atoms with Crippen LogP contribution in [-0.2, 0) is 16.0 Å². The number of ketones is 1. The average Bonchev–Trinajstić information content (AvgIpc) is 2.52. The molecule has 0 spiro atoms. The molecule has 24 heavy (non-hydrogen) atoms. The first-order chi connectivity index (χ1) is 11.3. The van der Waals surface area contributed by atoms with Crippen molar-refractivity contribution >= 4 is 30.4 Å². The van der Waals surface area contributed by atoms with Gasteiger partial charge in [0.1, 0.15) is 5.78 Å². The van der Waals surface area contributed by atoms with Gasteiger partial charge in [0.05, 0.1) is 18.4 Å². The maximum absolute atomic E-state index is 11.9. The van der Waals surface area contributed by atoms with Crippen molar-refractivity contribution in [1.82, 2.24) is 10.6 Å². The average molecular weight is 355 g/mol. The molecule has 0 bridgehead atoms. The summed E-state index contributed by atoms with van der Waals surface area (Å²) in [5.41, 5.74) is 3.10. The Labute approximate surface area is 147 Å². The minimum absolute atomic E-state index is 0.00827. The Morgan fingerprint density at radius 3 is 2.58 bits per heavy atom. The Hall–Kier alpha value is -1.41. The summed E-state index contributed by atoms with van der Waals surface area (Å²) in [6, 6.07) is 5.87. The number of carbonyl (C=O) groups excluding carboxylic acids is 2. The lowest BCUT2D eigenvalue weighted by Crippen LogP contribution is -2.50. The summed E-state index contributed by atoms with van der Waals surface area (Å²) in [6.07, 6.45) is 0.575. The van der Waals surface area contributed by atoms with Crippen LogP contribution in [0, 0.1) is 13.8 Å². The van der Waals surface area contributed by atoms with Gasteiger partial charge in [-0.1, -0.05) is 23.8 Å². The van der Waals surface area contributed by atoms with Crippen LogP contribution in [0.1, 0.15) is 23.1 Å². The molecule has 0 saturated heterocycles. The highest BCUT2D eigenvalue weighted by atomic mass is 35.5. The molecule has 0 unspecified atom stereocenters. The highest BCUT2D eigenvalue weighted by Gasteiger charge is 2.25. The number of rotatable bonds is 10. The van der Waals surface area contributed by atoms with Crippen LogP contribution in [0.2, 0.25) is 0 Å². The molecule has 1 amide bonds. The van der Waals surface area contributed by atoms with Gasteiger partial charge in [-0.2, -0.15) is 0 Å². The monoisotopic (exact) mass is 354 g/mol. The van der Waals surface area contributed by atoms with Gasteiger partial charge in [-0.05, 0) is 31.4 Å². The zero-order valence-corrected chi connectivity index (χ0v) is 14.8. The van der Waals surface area contributed by atoms with Crippen molar-refractivity contribution in [3.8, 4) is 0 Å². The van der Waals surface area contributed by atoms with Gasteiger partial charge in [-0.3, -0.25) is 9.59 Å². The molecule has 0 aromatic heterocycles. The highest BCUT2D eigenvalue weighted by molar-refractivity contribution is 6.43. The van der Waals surface area contributed by atoms with Crippen molar-refractivity contribution in [2.24, 2.45) is 0 Å². The molecule has 6 nitrogen and oxygen atoms in total. The van der Waals surface area contributed by atoms with Crippen LogP contribution in [0.25, 0.3) is 0 Å². The number of amides is 1. The van der Waals surface area contributed by atoms with E-state index in [0.717, 1.165) is 16.7 Å². The fraction of sp³-hybridized carbons (Fsp3) is 0.500. The summed E-state index contributed by atoms with van der Waals surface area (Å²) in [7, 11) is -1.66. The fourth-order valence-electron chi connectivity index (χ4n) is 2.30. The van der Waals surface area contributed by atoms with E-state index < -0.39 is 13.1 Å². The summed E-state index contributed by atoms with van der Waals surface area (Å²) in [5, 5.41) is 24.4. The molecule has 132 valence electrons. The van der Waals surface area contributed by atoms with E-state index in [9.17, 15) is 19.6 Å². The molecule has 0 aliphatic heterocycles. The topological polar surface area (TPSA) is 98.7 Å². The molecule has 8 heteroatoms. The second-order valence-electron chi connectivity index (χ2n) is 5.82. The van der Waals surface area contributed by atoms with E-state index in [1.165, 1.54) is 0 Å². The van der Waals surface area contributed by atoms with Gasteiger partial charge in [0.15, 0.2) is 0 Å². The molecule has 1 rings (SSSR count). The zero-order valence-electron chi connectivity index (χ0n) is 14.0. The van der Waals surface area contributed by atoms with Crippen LogP contribution >= 0.6 is 11.6 Å². The molecular weight excluding hydrogens is 330 g/mol. The third-order valence-electron chi connectivity index (χ3n) is 3.66. The molecule has 1 aromatic rings. The lowest BCUT2D eigenvalue weighted by atomic mass is 9.75. The van der Waals surface area contributed by atoms with E-state index in [0.29, 0.717) is 13.0 Å². The number of carbonyl (C=O) groups is 2. The van der Waals surface area contributed by atoms with Crippen LogP contribution in [0.15, 0.2) is 18.2 Å². The van der Waals surface area contributed by atoms with E-state index in [-0.39, 0.29) is 30.5 Å². The Kier molecular flexibility index (Phi) is 8.99. The van der Waals surface area contributed by atoms with Crippen molar-refractivity contribution in [2.75, 3.05) is 19.0 Å². The minimum atomic E-state index is -1.66. The maximum atomic E-state index is 11.9. The Morgan fingerprint density at radius 2 is 2.00 bits per heavy atom. The zero-order chi connectivity index (χ0) is 18.1. The number of aryl methyl sites for hydroxylation is 2. The molecular formula is C16H24BClN2O4. The van der Waals surface area contributed by atoms with E-state index in [1.807, 2.05) is 32.0 Å². The fourth-order valence-corrected chi connectivity index (χ4v) is 2.43. The lowest BCUT2D eigenvalue weighted by Gasteiger charge is -2.19. The molecule has 0 fully saturated rings. The normalized spacial score (nSPS) is 11.9. The molecule has 0 radical (unpaired) electrons. The Bertz CT molecular complexity index is 569. The SMILES string of the molecule is Cc1ccc(C[C@H](NC(=O)CNCCC(=O)CCl)B(O)O)c(C)c1. The number of nitrogens with one attached hydrogen (secondary N) is 2. The van der Waals surface area contributed by atoms with Gasteiger partial charge in [-0.15, -0.1) is 11.6 Å². The largest absolute Gasteiger partial charge is 0.475 e. The van der Waals surface area contributed by atoms with Crippen molar-refractivity contribution in [1.29, 1.82) is 0 Å². The maximum Gasteiger partial charge on any atom is 0.475 e. The van der Waals surface area contributed by atoms with Gasteiger partial charge in [-0.25, -0.2) is 0 Å². The number of halogens is 1. The number of hydrogen-bond donors (Lipinski definition) is 4. The van der Waals surface area contributed by atoms with Crippen LogP contribution in [0.4, 0.5) is 0 Å². The van der Waals surface area contributed by atoms with Gasteiger partial charge in [0.25, 0.3) is 0 Å². The smallest absolute Gasteiger partial charge is 0.426 e. The Morgan fingerprint density at radius 1 is 1.29 bits per heavy atom. The first-order valence-corrected chi connectivity index (χ1v) is 8.37. The number of Topliss-reactive ketones (excluding diaryl/α,β-unsaturated/α-hetero) is 1. The second kappa shape index (κ2) is 10.5. The predicted octanol–water partition coefficient (Wildman–Crippen LogP) is 0.130. The standard InChI is InChI=1S/C16H24BClN2O4/c1-11-3-4-13(12(2)7-11)8-15(17(23)24)20-16(22)10-19-6-5-14(21)9-18/h3-4,7,15,19,23-24H,5-6,8-10H2,1-2H3,(H,20,22)/t15-/m0/s1. The number of hydrogen-bond acceptors (Lipinski definition) is 5. The van der Waals surface area contributed by atoms with Gasteiger partial charge >= 0.3 is 7.12 Å². The van der Waals surface area contributed by atoms with Gasteiger partial charge < -0.3 is 20.7 Å². The van der Waals surface area contributed by atoms with Crippen LogP contribution < -0.4 is 10.6 Å². The van der Waals surface area contributed by atoms with Gasteiger partial charge in [0.2, 0.25) is 5.91 Å². The minimum Gasteiger partial charge on any atom is -0.426 e. The van der Waals surface area contributed by atoms with Crippen LogP contribution in [0.3, 0.4) is 0 Å². The van der Waals surface area contributed by atoms with Gasteiger partial charge in [0, 0.05) is 13.0 Å². The molecule has 4 N–H and O–H groups in total. The van der Waals surface area contributed by atoms with Crippen molar-refractivity contribution in [3.63, 3.8) is 0 Å².